The van der Waals surface area contributed by atoms with Gasteiger partial charge in [0.1, 0.15) is 12.6 Å². The summed E-state index contributed by atoms with van der Waals surface area (Å²) in [7, 11) is 2.09. The van der Waals surface area contributed by atoms with Crippen molar-refractivity contribution in [1.82, 2.24) is 4.40 Å². The summed E-state index contributed by atoms with van der Waals surface area (Å²) in [6.45, 7) is 2.18. The molecule has 0 aromatic carbocycles. The molecule has 70 valence electrons. The van der Waals surface area contributed by atoms with E-state index in [1.807, 2.05) is 0 Å². The second-order valence-corrected chi connectivity index (χ2v) is 3.01. The number of aryl methyl sites for hydroxylation is 2. The van der Waals surface area contributed by atoms with Crippen LogP contribution in [0.5, 0.6) is 0 Å². The monoisotopic (exact) mass is 288 g/mol. The first-order chi connectivity index (χ1) is 5.83. The molecule has 2 aromatic heterocycles. The van der Waals surface area contributed by atoms with Gasteiger partial charge in [0.15, 0.2) is 6.20 Å². The van der Waals surface area contributed by atoms with Crippen molar-refractivity contribution in [1.29, 1.82) is 0 Å². The van der Waals surface area contributed by atoms with Gasteiger partial charge in [0.05, 0.1) is 6.20 Å². The molecular weight excluding hydrogens is 275 g/mol. The topological polar surface area (TPSA) is 8.29 Å². The van der Waals surface area contributed by atoms with Crippen LogP contribution in [0, 0.1) is 0 Å². The van der Waals surface area contributed by atoms with Gasteiger partial charge in [-0.25, -0.2) is 4.57 Å². The molecule has 2 nitrogen and oxygen atoms in total. The second kappa shape index (κ2) is 4.09. The number of halogens is 1. The fourth-order valence-corrected chi connectivity index (χ4v) is 1.64. The molecule has 0 bridgehead atoms. The van der Waals surface area contributed by atoms with Gasteiger partial charge in [-0.15, -0.1) is 0 Å². The third-order valence-electron chi connectivity index (χ3n) is 2.29. The Labute approximate surface area is 95.2 Å². The molecule has 13 heavy (non-hydrogen) atoms. The van der Waals surface area contributed by atoms with Crippen molar-refractivity contribution in [3.63, 3.8) is 0 Å². The molecule has 0 saturated carbocycles. The van der Waals surface area contributed by atoms with E-state index in [4.69, 9.17) is 0 Å². The standard InChI is InChI=1S/C10H13N2.HI/c1-3-9-10-5-4-6-12(10)8-7-11(9)2;/h4-8H,3H2,1-2H3;1H/q+1;/p-1. The van der Waals surface area contributed by atoms with Gasteiger partial charge in [0.2, 0.25) is 5.69 Å². The quantitative estimate of drug-likeness (QED) is 0.438. The third kappa shape index (κ3) is 1.70. The molecule has 0 aliphatic heterocycles. The number of fused-ring (bicyclic) bond motifs is 1. The van der Waals surface area contributed by atoms with E-state index in [2.05, 4.69) is 53.7 Å². The molecule has 0 aliphatic rings. The highest BCUT2D eigenvalue weighted by molar-refractivity contribution is 5.49. The van der Waals surface area contributed by atoms with Crippen LogP contribution < -0.4 is 28.5 Å². The summed E-state index contributed by atoms with van der Waals surface area (Å²) in [6, 6.07) is 4.23. The van der Waals surface area contributed by atoms with Crippen LogP contribution >= 0.6 is 0 Å². The van der Waals surface area contributed by atoms with Crippen molar-refractivity contribution in [2.24, 2.45) is 7.05 Å². The Morgan fingerprint density at radius 2 is 2.15 bits per heavy atom. The minimum atomic E-state index is 0. The highest BCUT2D eigenvalue weighted by atomic mass is 127. The Morgan fingerprint density at radius 3 is 2.85 bits per heavy atom. The molecule has 0 unspecified atom stereocenters. The van der Waals surface area contributed by atoms with Crippen LogP contribution in [-0.2, 0) is 13.5 Å². The van der Waals surface area contributed by atoms with Gasteiger partial charge in [0.25, 0.3) is 0 Å². The lowest BCUT2D eigenvalue weighted by Gasteiger charge is -1.99. The van der Waals surface area contributed by atoms with Crippen molar-refractivity contribution in [3.05, 3.63) is 36.4 Å². The van der Waals surface area contributed by atoms with Crippen LogP contribution in [0.4, 0.5) is 0 Å². The summed E-state index contributed by atoms with van der Waals surface area (Å²) in [5, 5.41) is 0. The van der Waals surface area contributed by atoms with E-state index >= 15 is 0 Å². The number of hydrogen-bond donors (Lipinski definition) is 0. The number of hydrogen-bond acceptors (Lipinski definition) is 0. The minimum Gasteiger partial charge on any atom is -1.00 e. The zero-order valence-electron chi connectivity index (χ0n) is 7.87. The number of aromatic nitrogens is 2. The molecule has 0 radical (unpaired) electrons. The lowest BCUT2D eigenvalue weighted by atomic mass is 10.3. The first-order valence-corrected chi connectivity index (χ1v) is 4.27. The van der Waals surface area contributed by atoms with Crippen molar-refractivity contribution < 1.29 is 28.5 Å². The Hall–Kier alpha value is -0.580. The Bertz CT molecular complexity index is 406. The van der Waals surface area contributed by atoms with Crippen LogP contribution in [0.15, 0.2) is 30.7 Å². The normalized spacial score (nSPS) is 10.0. The van der Waals surface area contributed by atoms with E-state index in [0.717, 1.165) is 6.42 Å². The summed E-state index contributed by atoms with van der Waals surface area (Å²) in [4.78, 5) is 0. The largest absolute Gasteiger partial charge is 1.00 e. The summed E-state index contributed by atoms with van der Waals surface area (Å²) >= 11 is 0. The summed E-state index contributed by atoms with van der Waals surface area (Å²) in [5.41, 5.74) is 2.69. The molecular formula is C10H13IN2. The van der Waals surface area contributed by atoms with Gasteiger partial charge in [-0.3, -0.25) is 0 Å². The van der Waals surface area contributed by atoms with Crippen molar-refractivity contribution in [3.8, 4) is 0 Å². The summed E-state index contributed by atoms with van der Waals surface area (Å²) < 4.78 is 4.33. The van der Waals surface area contributed by atoms with Gasteiger partial charge in [-0.1, -0.05) is 6.92 Å². The van der Waals surface area contributed by atoms with E-state index in [1.165, 1.54) is 11.2 Å². The van der Waals surface area contributed by atoms with Crippen LogP contribution in [0.25, 0.3) is 5.52 Å². The van der Waals surface area contributed by atoms with E-state index in [1.54, 1.807) is 0 Å². The molecule has 0 fully saturated rings. The van der Waals surface area contributed by atoms with E-state index in [9.17, 15) is 0 Å². The predicted octanol–water partition coefficient (Wildman–Crippen LogP) is -1.67. The summed E-state index contributed by atoms with van der Waals surface area (Å²) in [5.74, 6) is 0. The Morgan fingerprint density at radius 1 is 1.38 bits per heavy atom. The van der Waals surface area contributed by atoms with Gasteiger partial charge in [-0.2, -0.15) is 0 Å². The van der Waals surface area contributed by atoms with Crippen molar-refractivity contribution >= 4 is 5.52 Å². The molecule has 2 aromatic rings. The predicted molar refractivity (Wildman–Crippen MR) is 48.0 cm³/mol. The average molecular weight is 288 g/mol. The highest BCUT2D eigenvalue weighted by Gasteiger charge is 2.08. The molecule has 2 rings (SSSR count). The van der Waals surface area contributed by atoms with Crippen LogP contribution in [0.1, 0.15) is 12.6 Å². The smallest absolute Gasteiger partial charge is 0.205 e. The van der Waals surface area contributed by atoms with Crippen molar-refractivity contribution in [2.75, 3.05) is 0 Å². The molecule has 0 aliphatic carbocycles. The minimum absolute atomic E-state index is 0. The second-order valence-electron chi connectivity index (χ2n) is 3.01. The lowest BCUT2D eigenvalue weighted by Crippen LogP contribution is -3.00. The zero-order valence-corrected chi connectivity index (χ0v) is 10.0. The molecule has 2 heterocycles. The maximum atomic E-state index is 2.18. The molecule has 0 N–H and O–H groups in total. The molecule has 0 saturated heterocycles. The molecule has 0 atom stereocenters. The van der Waals surface area contributed by atoms with E-state index in [-0.39, 0.29) is 24.0 Å². The van der Waals surface area contributed by atoms with Crippen LogP contribution in [-0.4, -0.2) is 4.40 Å². The molecule has 0 amide bonds. The first-order valence-electron chi connectivity index (χ1n) is 4.27. The fourth-order valence-electron chi connectivity index (χ4n) is 1.64. The summed E-state index contributed by atoms with van der Waals surface area (Å²) in [6.07, 6.45) is 7.32. The van der Waals surface area contributed by atoms with Crippen LogP contribution in [0.3, 0.4) is 0 Å². The molecule has 0 spiro atoms. The first kappa shape index (κ1) is 10.5. The van der Waals surface area contributed by atoms with Gasteiger partial charge < -0.3 is 28.4 Å². The van der Waals surface area contributed by atoms with Gasteiger partial charge in [-0.05, 0) is 12.1 Å². The fraction of sp³-hybridized carbons (Fsp3) is 0.300. The van der Waals surface area contributed by atoms with Crippen molar-refractivity contribution in [2.45, 2.75) is 13.3 Å². The van der Waals surface area contributed by atoms with E-state index < -0.39 is 0 Å². The van der Waals surface area contributed by atoms with Crippen LogP contribution in [0.2, 0.25) is 0 Å². The third-order valence-corrected chi connectivity index (χ3v) is 2.29. The van der Waals surface area contributed by atoms with Gasteiger partial charge >= 0.3 is 0 Å². The average Bonchev–Trinajstić information content (AvgIpc) is 2.52. The lowest BCUT2D eigenvalue weighted by molar-refractivity contribution is -0.678. The maximum absolute atomic E-state index is 2.18. The maximum Gasteiger partial charge on any atom is 0.205 e. The van der Waals surface area contributed by atoms with Gasteiger partial charge in [0, 0.05) is 12.6 Å². The zero-order chi connectivity index (χ0) is 8.55. The number of rotatable bonds is 1. The highest BCUT2D eigenvalue weighted by Crippen LogP contribution is 2.06. The SMILES string of the molecule is CCc1c2cccn2cc[n+]1C.[I-]. The Balaban J connectivity index is 0.000000845. The van der Waals surface area contributed by atoms with E-state index in [0.29, 0.717) is 0 Å². The Kier molecular flexibility index (Phi) is 3.30. The number of nitrogens with zero attached hydrogens (tertiary/aromatic N) is 2. The molecule has 3 heteroatoms.